The number of allylic oxidation sites excluding steroid dienone is 2. The number of aromatic nitrogens is 2. The van der Waals surface area contributed by atoms with Crippen LogP contribution in [0.4, 0.5) is 17.3 Å². The van der Waals surface area contributed by atoms with Crippen molar-refractivity contribution in [1.82, 2.24) is 9.97 Å². The second kappa shape index (κ2) is 8.16. The van der Waals surface area contributed by atoms with Crippen LogP contribution in [0.2, 0.25) is 0 Å². The van der Waals surface area contributed by atoms with Crippen molar-refractivity contribution in [2.45, 2.75) is 19.2 Å². The van der Waals surface area contributed by atoms with Gasteiger partial charge in [-0.1, -0.05) is 37.5 Å². The minimum absolute atomic E-state index is 0.175. The van der Waals surface area contributed by atoms with Crippen LogP contribution in [-0.2, 0) is 0 Å². The van der Waals surface area contributed by atoms with Crippen molar-refractivity contribution in [2.24, 2.45) is 0 Å². The number of rotatable bonds is 9. The number of hydrogen-bond acceptors (Lipinski definition) is 7. The average molecular weight is 329 g/mol. The fraction of sp³-hybridized carbons (Fsp3) is 0.294. The monoisotopic (exact) mass is 329 g/mol. The SMILES string of the molecule is C=CC/C=C/CCOc1nc(N)c2c(n1)N(CC(=C)C=C)C(O)N2. The predicted molar refractivity (Wildman–Crippen MR) is 96.8 cm³/mol. The molecule has 7 heteroatoms. The van der Waals surface area contributed by atoms with Crippen molar-refractivity contribution in [3.05, 3.63) is 49.6 Å². The van der Waals surface area contributed by atoms with Gasteiger partial charge >= 0.3 is 6.01 Å². The van der Waals surface area contributed by atoms with Gasteiger partial charge in [0.25, 0.3) is 0 Å². The number of nitrogens with zero attached hydrogens (tertiary/aromatic N) is 3. The van der Waals surface area contributed by atoms with Gasteiger partial charge in [-0.3, -0.25) is 0 Å². The zero-order valence-corrected chi connectivity index (χ0v) is 13.6. The van der Waals surface area contributed by atoms with Gasteiger partial charge in [0.15, 0.2) is 11.6 Å². The summed E-state index contributed by atoms with van der Waals surface area (Å²) in [4.78, 5) is 10.1. The zero-order valence-electron chi connectivity index (χ0n) is 13.6. The predicted octanol–water partition coefficient (Wildman–Crippen LogP) is 2.21. The molecule has 7 nitrogen and oxygen atoms in total. The largest absolute Gasteiger partial charge is 0.463 e. The third-order valence-corrected chi connectivity index (χ3v) is 3.39. The number of anilines is 3. The van der Waals surface area contributed by atoms with Gasteiger partial charge in [-0.05, 0) is 18.4 Å². The molecule has 0 bridgehead atoms. The highest BCUT2D eigenvalue weighted by atomic mass is 16.5. The first kappa shape index (κ1) is 17.6. The fourth-order valence-corrected chi connectivity index (χ4v) is 2.15. The Balaban J connectivity index is 2.08. The van der Waals surface area contributed by atoms with Crippen LogP contribution in [0.5, 0.6) is 6.01 Å². The summed E-state index contributed by atoms with van der Waals surface area (Å²) in [6.07, 6.45) is 8.07. The Hall–Kier alpha value is -2.80. The van der Waals surface area contributed by atoms with Crippen molar-refractivity contribution >= 4 is 17.3 Å². The van der Waals surface area contributed by atoms with E-state index in [-0.39, 0.29) is 11.8 Å². The molecule has 1 aliphatic heterocycles. The molecule has 24 heavy (non-hydrogen) atoms. The third kappa shape index (κ3) is 4.14. The van der Waals surface area contributed by atoms with Gasteiger partial charge in [0.05, 0.1) is 6.61 Å². The van der Waals surface area contributed by atoms with E-state index in [0.29, 0.717) is 24.7 Å². The maximum atomic E-state index is 10.1. The Bertz CT molecular complexity index is 657. The van der Waals surface area contributed by atoms with E-state index in [9.17, 15) is 5.11 Å². The molecular weight excluding hydrogens is 306 g/mol. The highest BCUT2D eigenvalue weighted by Gasteiger charge is 2.31. The van der Waals surface area contributed by atoms with Crippen LogP contribution < -0.4 is 20.7 Å². The highest BCUT2D eigenvalue weighted by molar-refractivity contribution is 5.81. The summed E-state index contributed by atoms with van der Waals surface area (Å²) in [6.45, 7) is 12.0. The van der Waals surface area contributed by atoms with E-state index in [2.05, 4.69) is 35.0 Å². The maximum Gasteiger partial charge on any atom is 0.320 e. The van der Waals surface area contributed by atoms with E-state index >= 15 is 0 Å². The third-order valence-electron chi connectivity index (χ3n) is 3.39. The summed E-state index contributed by atoms with van der Waals surface area (Å²) >= 11 is 0. The summed E-state index contributed by atoms with van der Waals surface area (Å²) < 4.78 is 5.55. The van der Waals surface area contributed by atoms with Gasteiger partial charge < -0.3 is 25.8 Å². The van der Waals surface area contributed by atoms with Gasteiger partial charge in [0.2, 0.25) is 6.35 Å². The molecule has 1 aromatic heterocycles. The minimum atomic E-state index is -0.953. The van der Waals surface area contributed by atoms with Gasteiger partial charge in [-0.2, -0.15) is 9.97 Å². The Morgan fingerprint density at radius 3 is 2.88 bits per heavy atom. The second-order valence-corrected chi connectivity index (χ2v) is 5.23. The number of aliphatic hydroxyl groups is 1. The molecule has 0 saturated heterocycles. The minimum Gasteiger partial charge on any atom is -0.463 e. The Kier molecular flexibility index (Phi) is 5.97. The van der Waals surface area contributed by atoms with Crippen molar-refractivity contribution in [3.63, 3.8) is 0 Å². The number of nitrogens with one attached hydrogen (secondary N) is 1. The lowest BCUT2D eigenvalue weighted by Gasteiger charge is -2.21. The molecule has 4 N–H and O–H groups in total. The molecule has 1 unspecified atom stereocenters. The molecule has 1 atom stereocenters. The number of fused-ring (bicyclic) bond motifs is 1. The van der Waals surface area contributed by atoms with Crippen LogP contribution >= 0.6 is 0 Å². The van der Waals surface area contributed by atoms with E-state index in [1.807, 2.05) is 18.2 Å². The second-order valence-electron chi connectivity index (χ2n) is 5.23. The molecule has 0 fully saturated rings. The Morgan fingerprint density at radius 1 is 1.38 bits per heavy atom. The first-order valence-corrected chi connectivity index (χ1v) is 7.64. The summed E-state index contributed by atoms with van der Waals surface area (Å²) in [5.74, 6) is 0.707. The quantitative estimate of drug-likeness (QED) is 0.363. The number of ether oxygens (including phenoxy) is 1. The van der Waals surface area contributed by atoms with Gasteiger partial charge in [-0.25, -0.2) is 0 Å². The lowest BCUT2D eigenvalue weighted by Crippen LogP contribution is -2.36. The molecular formula is C17H23N5O2. The van der Waals surface area contributed by atoms with Crippen LogP contribution in [0.3, 0.4) is 0 Å². The van der Waals surface area contributed by atoms with Crippen molar-refractivity contribution in [2.75, 3.05) is 29.1 Å². The van der Waals surface area contributed by atoms with Crippen LogP contribution in [0, 0.1) is 0 Å². The molecule has 2 rings (SSSR count). The number of nitrogens with two attached hydrogens (primary N) is 1. The first-order valence-electron chi connectivity index (χ1n) is 7.64. The normalized spacial score (nSPS) is 15.9. The van der Waals surface area contributed by atoms with Crippen molar-refractivity contribution in [1.29, 1.82) is 0 Å². The van der Waals surface area contributed by atoms with Gasteiger partial charge in [0.1, 0.15) is 5.69 Å². The summed E-state index contributed by atoms with van der Waals surface area (Å²) in [7, 11) is 0. The molecule has 1 aromatic rings. The molecule has 0 radical (unpaired) electrons. The van der Waals surface area contributed by atoms with E-state index in [1.165, 1.54) is 0 Å². The molecule has 0 aromatic carbocycles. The maximum absolute atomic E-state index is 10.1. The lowest BCUT2D eigenvalue weighted by atomic mass is 10.3. The Labute approximate surface area is 141 Å². The van der Waals surface area contributed by atoms with Crippen LogP contribution in [0.1, 0.15) is 12.8 Å². The number of nitrogen functional groups attached to an aromatic ring is 1. The summed E-state index contributed by atoms with van der Waals surface area (Å²) in [6, 6.07) is 0.175. The fourth-order valence-electron chi connectivity index (χ4n) is 2.15. The topological polar surface area (TPSA) is 96.5 Å². The standard InChI is InChI=1S/C17H23N5O2/c1-4-6-7-8-9-10-24-16-20-14(18)13-15(21-16)22(17(23)19-13)11-12(3)5-2/h4-5,7-8,17,19,23H,1-3,6,9-11H2,(H2,18,20,21)/b8-7+. The van der Waals surface area contributed by atoms with Crippen molar-refractivity contribution < 1.29 is 9.84 Å². The zero-order chi connectivity index (χ0) is 17.5. The van der Waals surface area contributed by atoms with E-state index in [1.54, 1.807) is 11.0 Å². The number of aliphatic hydroxyl groups excluding tert-OH is 1. The van der Waals surface area contributed by atoms with Crippen molar-refractivity contribution in [3.8, 4) is 6.01 Å². The summed E-state index contributed by atoms with van der Waals surface area (Å²) in [5, 5.41) is 13.0. The Morgan fingerprint density at radius 2 is 2.17 bits per heavy atom. The molecule has 0 amide bonds. The first-order chi connectivity index (χ1) is 11.6. The lowest BCUT2D eigenvalue weighted by molar-refractivity contribution is 0.206. The van der Waals surface area contributed by atoms with E-state index in [4.69, 9.17) is 10.5 Å². The molecule has 2 heterocycles. The van der Waals surface area contributed by atoms with E-state index in [0.717, 1.165) is 18.4 Å². The highest BCUT2D eigenvalue weighted by Crippen LogP contribution is 2.37. The van der Waals surface area contributed by atoms with Crippen LogP contribution in [0.25, 0.3) is 0 Å². The average Bonchev–Trinajstić information content (AvgIpc) is 2.87. The van der Waals surface area contributed by atoms with Gasteiger partial charge in [-0.15, -0.1) is 6.58 Å². The molecule has 0 aliphatic carbocycles. The molecule has 0 spiro atoms. The number of hydrogen-bond donors (Lipinski definition) is 3. The smallest absolute Gasteiger partial charge is 0.320 e. The molecule has 0 saturated carbocycles. The summed E-state index contributed by atoms with van der Waals surface area (Å²) in [5.41, 5.74) is 7.16. The van der Waals surface area contributed by atoms with Crippen LogP contribution in [-0.4, -0.2) is 34.6 Å². The van der Waals surface area contributed by atoms with Crippen LogP contribution in [0.15, 0.2) is 49.6 Å². The molecule has 128 valence electrons. The van der Waals surface area contributed by atoms with Gasteiger partial charge in [0, 0.05) is 6.54 Å². The van der Waals surface area contributed by atoms with E-state index < -0.39 is 6.35 Å². The molecule has 1 aliphatic rings.